The Morgan fingerprint density at radius 3 is 2.15 bits per heavy atom. The summed E-state index contributed by atoms with van der Waals surface area (Å²) in [6, 6.07) is 7.69. The highest BCUT2D eigenvalue weighted by Crippen LogP contribution is 2.33. The number of nitrogens with two attached hydrogens (primary N) is 1. The van der Waals surface area contributed by atoms with Crippen LogP contribution in [0.4, 0.5) is 5.69 Å². The van der Waals surface area contributed by atoms with Crippen molar-refractivity contribution in [1.29, 1.82) is 0 Å². The lowest BCUT2D eigenvalue weighted by atomic mass is 9.81. The normalized spacial score (nSPS) is 12.9. The first-order chi connectivity index (χ1) is 9.38. The van der Waals surface area contributed by atoms with Gasteiger partial charge in [0.2, 0.25) is 0 Å². The Morgan fingerprint density at radius 1 is 1.25 bits per heavy atom. The van der Waals surface area contributed by atoms with Gasteiger partial charge in [-0.05, 0) is 45.4 Å². The van der Waals surface area contributed by atoms with Gasteiger partial charge in [-0.25, -0.2) is 0 Å². The third kappa shape index (κ3) is 3.31. The molecule has 0 radical (unpaired) electrons. The van der Waals surface area contributed by atoms with Gasteiger partial charge in [-0.3, -0.25) is 4.79 Å². The molecular formula is C16H26N2O2. The van der Waals surface area contributed by atoms with E-state index in [-0.39, 0.29) is 12.0 Å². The second kappa shape index (κ2) is 6.75. The molecule has 0 unspecified atom stereocenters. The van der Waals surface area contributed by atoms with Crippen molar-refractivity contribution < 1.29 is 9.53 Å². The van der Waals surface area contributed by atoms with Crippen LogP contribution in [0.25, 0.3) is 0 Å². The molecule has 2 N–H and O–H groups in total. The van der Waals surface area contributed by atoms with E-state index in [1.807, 2.05) is 26.0 Å². The number of rotatable bonds is 6. The summed E-state index contributed by atoms with van der Waals surface area (Å²) in [5.41, 5.74) is 7.59. The number of ether oxygens (including phenoxy) is 1. The zero-order valence-electron chi connectivity index (χ0n) is 13.1. The first-order valence-electron chi connectivity index (χ1n) is 7.07. The van der Waals surface area contributed by atoms with E-state index in [9.17, 15) is 4.79 Å². The molecule has 0 fully saturated rings. The summed E-state index contributed by atoms with van der Waals surface area (Å²) in [6.45, 7) is 9.81. The van der Waals surface area contributed by atoms with E-state index in [4.69, 9.17) is 10.5 Å². The quantitative estimate of drug-likeness (QED) is 0.813. The minimum Gasteiger partial charge on any atom is -0.469 e. The average molecular weight is 278 g/mol. The Labute approximate surface area is 121 Å². The van der Waals surface area contributed by atoms with E-state index in [1.54, 1.807) is 0 Å². The number of anilines is 1. The molecule has 0 saturated heterocycles. The smallest absolute Gasteiger partial charge is 0.313 e. The zero-order valence-corrected chi connectivity index (χ0v) is 13.1. The molecule has 0 heterocycles. The van der Waals surface area contributed by atoms with Crippen LogP contribution in [0.5, 0.6) is 0 Å². The molecule has 0 saturated carbocycles. The second-order valence-electron chi connectivity index (χ2n) is 5.45. The van der Waals surface area contributed by atoms with Crippen LogP contribution in [0.3, 0.4) is 0 Å². The lowest BCUT2D eigenvalue weighted by Crippen LogP contribution is -2.37. The lowest BCUT2D eigenvalue weighted by molar-refractivity contribution is -0.152. The fraction of sp³-hybridized carbons (Fsp3) is 0.562. The Balaban J connectivity index is 2.96. The molecule has 20 heavy (non-hydrogen) atoms. The highest BCUT2D eigenvalue weighted by molar-refractivity contribution is 5.77. The first kappa shape index (κ1) is 16.5. The molecule has 0 aromatic heterocycles. The predicted molar refractivity (Wildman–Crippen MR) is 82.7 cm³/mol. The van der Waals surface area contributed by atoms with Gasteiger partial charge in [0.25, 0.3) is 0 Å². The van der Waals surface area contributed by atoms with E-state index in [0.717, 1.165) is 18.7 Å². The highest BCUT2D eigenvalue weighted by Gasteiger charge is 2.36. The molecule has 0 aliphatic carbocycles. The maximum absolute atomic E-state index is 11.8. The molecule has 1 aromatic rings. The van der Waals surface area contributed by atoms with Gasteiger partial charge in [0, 0.05) is 24.8 Å². The molecule has 0 bridgehead atoms. The third-order valence-electron chi connectivity index (χ3n) is 3.87. The molecule has 0 amide bonds. The predicted octanol–water partition coefficient (Wildman–Crippen LogP) is 2.73. The van der Waals surface area contributed by atoms with Crippen LogP contribution >= 0.6 is 0 Å². The van der Waals surface area contributed by atoms with Gasteiger partial charge in [0.05, 0.1) is 12.5 Å². The fourth-order valence-corrected chi connectivity index (χ4v) is 2.29. The first-order valence-corrected chi connectivity index (χ1v) is 7.07. The zero-order chi connectivity index (χ0) is 15.3. The van der Waals surface area contributed by atoms with Crippen LogP contribution < -0.4 is 10.6 Å². The minimum absolute atomic E-state index is 0.294. The third-order valence-corrected chi connectivity index (χ3v) is 3.87. The van der Waals surface area contributed by atoms with Crippen molar-refractivity contribution in [3.05, 3.63) is 29.8 Å². The van der Waals surface area contributed by atoms with Crippen molar-refractivity contribution >= 4 is 11.7 Å². The standard InChI is InChI=1S/C16H26N2O2/c1-6-18(7-2)13-10-8-12(9-11-13)14(17)16(3,4)15(19)20-5/h8-11,14H,6-7,17H2,1-5H3/t14-/m0/s1. The van der Waals surface area contributed by atoms with Crippen molar-refractivity contribution in [3.63, 3.8) is 0 Å². The van der Waals surface area contributed by atoms with Crippen molar-refractivity contribution in [3.8, 4) is 0 Å². The number of esters is 1. The summed E-state index contributed by atoms with van der Waals surface area (Å²) in [4.78, 5) is 14.1. The second-order valence-corrected chi connectivity index (χ2v) is 5.45. The molecular weight excluding hydrogens is 252 g/mol. The maximum Gasteiger partial charge on any atom is 0.313 e. The van der Waals surface area contributed by atoms with E-state index in [0.29, 0.717) is 0 Å². The molecule has 0 spiro atoms. The van der Waals surface area contributed by atoms with Crippen LogP contribution in [-0.4, -0.2) is 26.2 Å². The van der Waals surface area contributed by atoms with Crippen LogP contribution in [0, 0.1) is 5.41 Å². The summed E-state index contributed by atoms with van der Waals surface area (Å²) < 4.78 is 4.83. The van der Waals surface area contributed by atoms with Crippen LogP contribution in [0.1, 0.15) is 39.3 Å². The maximum atomic E-state index is 11.8. The van der Waals surface area contributed by atoms with Crippen LogP contribution in [-0.2, 0) is 9.53 Å². The number of hydrogen-bond donors (Lipinski definition) is 1. The summed E-state index contributed by atoms with van der Waals surface area (Å²) in [5, 5.41) is 0. The van der Waals surface area contributed by atoms with E-state index >= 15 is 0 Å². The number of benzene rings is 1. The topological polar surface area (TPSA) is 55.6 Å². The molecule has 0 aliphatic heterocycles. The van der Waals surface area contributed by atoms with Crippen LogP contribution in [0.15, 0.2) is 24.3 Å². The molecule has 0 aliphatic rings. The van der Waals surface area contributed by atoms with Crippen molar-refractivity contribution in [2.24, 2.45) is 11.1 Å². The minimum atomic E-state index is -0.745. The van der Waals surface area contributed by atoms with Gasteiger partial charge in [-0.2, -0.15) is 0 Å². The van der Waals surface area contributed by atoms with E-state index in [2.05, 4.69) is 30.9 Å². The Morgan fingerprint density at radius 2 is 1.75 bits per heavy atom. The highest BCUT2D eigenvalue weighted by atomic mass is 16.5. The van der Waals surface area contributed by atoms with Gasteiger partial charge < -0.3 is 15.4 Å². The van der Waals surface area contributed by atoms with Gasteiger partial charge >= 0.3 is 5.97 Å². The largest absolute Gasteiger partial charge is 0.469 e. The van der Waals surface area contributed by atoms with E-state index < -0.39 is 5.41 Å². The molecule has 112 valence electrons. The van der Waals surface area contributed by atoms with Gasteiger partial charge in [0.15, 0.2) is 0 Å². The number of carbonyl (C=O) groups is 1. The number of nitrogens with zero attached hydrogens (tertiary/aromatic N) is 1. The van der Waals surface area contributed by atoms with Crippen molar-refractivity contribution in [2.45, 2.75) is 33.7 Å². The molecule has 1 atom stereocenters. The summed E-state index contributed by atoms with van der Waals surface area (Å²) in [7, 11) is 1.39. The molecule has 1 rings (SSSR count). The lowest BCUT2D eigenvalue weighted by Gasteiger charge is -2.29. The van der Waals surface area contributed by atoms with Gasteiger partial charge in [0.1, 0.15) is 0 Å². The molecule has 1 aromatic carbocycles. The van der Waals surface area contributed by atoms with Crippen molar-refractivity contribution in [1.82, 2.24) is 0 Å². The Kier molecular flexibility index (Phi) is 5.57. The summed E-state index contributed by atoms with van der Waals surface area (Å²) in [6.07, 6.45) is 0. The van der Waals surface area contributed by atoms with Gasteiger partial charge in [-0.15, -0.1) is 0 Å². The monoisotopic (exact) mass is 278 g/mol. The number of carbonyl (C=O) groups excluding carboxylic acids is 1. The van der Waals surface area contributed by atoms with Crippen LogP contribution in [0.2, 0.25) is 0 Å². The number of hydrogen-bond acceptors (Lipinski definition) is 4. The van der Waals surface area contributed by atoms with Gasteiger partial charge in [-0.1, -0.05) is 12.1 Å². The fourth-order valence-electron chi connectivity index (χ4n) is 2.29. The summed E-state index contributed by atoms with van der Waals surface area (Å²) >= 11 is 0. The average Bonchev–Trinajstić information content (AvgIpc) is 2.47. The van der Waals surface area contributed by atoms with E-state index in [1.165, 1.54) is 12.8 Å². The Hall–Kier alpha value is -1.55. The SMILES string of the molecule is CCN(CC)c1ccc([C@H](N)C(C)(C)C(=O)OC)cc1. The van der Waals surface area contributed by atoms with Crippen molar-refractivity contribution in [2.75, 3.05) is 25.1 Å². The summed E-state index contributed by atoms with van der Waals surface area (Å²) in [5.74, 6) is -0.294. The Bertz CT molecular complexity index is 436. The molecule has 4 heteroatoms. The number of methoxy groups -OCH3 is 1. The molecule has 4 nitrogen and oxygen atoms in total.